The summed E-state index contributed by atoms with van der Waals surface area (Å²) in [4.78, 5) is 17.1. The van der Waals surface area contributed by atoms with E-state index >= 15 is 0 Å². The van der Waals surface area contributed by atoms with E-state index in [-0.39, 0.29) is 12.1 Å². The zero-order valence-electron chi connectivity index (χ0n) is 17.9. The van der Waals surface area contributed by atoms with E-state index in [1.807, 2.05) is 13.2 Å². The quantitative estimate of drug-likeness (QED) is 0.449. The van der Waals surface area contributed by atoms with Crippen LogP contribution in [0.5, 0.6) is 17.2 Å². The van der Waals surface area contributed by atoms with Gasteiger partial charge in [0.1, 0.15) is 17.2 Å². The van der Waals surface area contributed by atoms with Crippen LogP contribution in [0.3, 0.4) is 0 Å². The Kier molecular flexibility index (Phi) is 6.30. The molecule has 0 radical (unpaired) electrons. The molecule has 1 N–H and O–H groups in total. The lowest BCUT2D eigenvalue weighted by molar-refractivity contribution is 0.0947. The highest BCUT2D eigenvalue weighted by atomic mass is 19.2. The van der Waals surface area contributed by atoms with E-state index < -0.39 is 17.5 Å². The molecule has 0 atom stereocenters. The molecule has 0 spiro atoms. The Balaban J connectivity index is 1.51. The van der Waals surface area contributed by atoms with Gasteiger partial charge in [-0.1, -0.05) is 6.07 Å². The van der Waals surface area contributed by atoms with Gasteiger partial charge in [-0.05, 0) is 42.0 Å². The fourth-order valence-corrected chi connectivity index (χ4v) is 3.18. The van der Waals surface area contributed by atoms with Crippen LogP contribution in [0.25, 0.3) is 11.3 Å². The van der Waals surface area contributed by atoms with Crippen LogP contribution in [0, 0.1) is 11.6 Å². The summed E-state index contributed by atoms with van der Waals surface area (Å²) in [5.74, 6) is -1.08. The molecule has 0 saturated carbocycles. The number of aromatic nitrogens is 3. The summed E-state index contributed by atoms with van der Waals surface area (Å²) >= 11 is 0. The van der Waals surface area contributed by atoms with E-state index in [1.54, 1.807) is 47.4 Å². The molecule has 4 aromatic rings. The van der Waals surface area contributed by atoms with E-state index in [0.717, 1.165) is 17.7 Å². The van der Waals surface area contributed by atoms with Crippen molar-refractivity contribution in [3.8, 4) is 28.5 Å². The molecule has 1 amide bonds. The third-order valence-corrected chi connectivity index (χ3v) is 4.82. The van der Waals surface area contributed by atoms with Crippen molar-refractivity contribution >= 4 is 5.91 Å². The lowest BCUT2D eigenvalue weighted by atomic mass is 10.1. The van der Waals surface area contributed by atoms with Crippen molar-refractivity contribution in [2.75, 3.05) is 7.11 Å². The van der Waals surface area contributed by atoms with Gasteiger partial charge in [0.2, 0.25) is 0 Å². The number of hydrogen-bond donors (Lipinski definition) is 1. The van der Waals surface area contributed by atoms with Crippen LogP contribution in [-0.2, 0) is 13.6 Å². The van der Waals surface area contributed by atoms with Crippen molar-refractivity contribution in [3.63, 3.8) is 0 Å². The molecule has 168 valence electrons. The molecule has 2 aromatic carbocycles. The first-order valence-electron chi connectivity index (χ1n) is 9.96. The second-order valence-electron chi connectivity index (χ2n) is 7.17. The Bertz CT molecular complexity index is 1310. The number of carbonyl (C=O) groups is 1. The molecule has 9 heteroatoms. The number of halogens is 2. The number of nitrogens with zero attached hydrogens (tertiary/aromatic N) is 3. The smallest absolute Gasteiger partial charge is 0.255 e. The largest absolute Gasteiger partial charge is 0.496 e. The minimum absolute atomic E-state index is 0.0170. The highest BCUT2D eigenvalue weighted by molar-refractivity contribution is 5.97. The fourth-order valence-electron chi connectivity index (χ4n) is 3.18. The Morgan fingerprint density at radius 3 is 2.61 bits per heavy atom. The van der Waals surface area contributed by atoms with Crippen molar-refractivity contribution in [2.24, 2.45) is 7.05 Å². The van der Waals surface area contributed by atoms with Gasteiger partial charge >= 0.3 is 0 Å². The Hall–Kier alpha value is -4.27. The minimum atomic E-state index is -0.974. The minimum Gasteiger partial charge on any atom is -0.496 e. The summed E-state index contributed by atoms with van der Waals surface area (Å²) in [6.45, 7) is 0.0170. The molecule has 0 aliphatic rings. The maximum absolute atomic E-state index is 13.4. The van der Waals surface area contributed by atoms with E-state index in [1.165, 1.54) is 13.2 Å². The summed E-state index contributed by atoms with van der Waals surface area (Å²) in [7, 11) is 3.27. The molecule has 0 saturated heterocycles. The predicted molar refractivity (Wildman–Crippen MR) is 117 cm³/mol. The van der Waals surface area contributed by atoms with Gasteiger partial charge in [0.05, 0.1) is 24.6 Å². The van der Waals surface area contributed by atoms with Crippen molar-refractivity contribution in [1.82, 2.24) is 20.1 Å². The lowest BCUT2D eigenvalue weighted by Gasteiger charge is -2.12. The number of carbonyl (C=O) groups excluding carboxylic acids is 1. The lowest BCUT2D eigenvalue weighted by Crippen LogP contribution is -2.23. The molecule has 7 nitrogen and oxygen atoms in total. The molecule has 0 aliphatic carbocycles. The average molecular weight is 450 g/mol. The number of benzene rings is 2. The third kappa shape index (κ3) is 5.15. The summed E-state index contributed by atoms with van der Waals surface area (Å²) in [6, 6.07) is 11.8. The molecule has 4 rings (SSSR count). The van der Waals surface area contributed by atoms with Gasteiger partial charge in [0.15, 0.2) is 11.6 Å². The first-order chi connectivity index (χ1) is 15.9. The number of aryl methyl sites for hydroxylation is 1. The number of methoxy groups -OCH3 is 1. The summed E-state index contributed by atoms with van der Waals surface area (Å²) in [5.41, 5.74) is 2.20. The number of ether oxygens (including phenoxy) is 2. The fraction of sp³-hybridized carbons (Fsp3) is 0.125. The molecular weight excluding hydrogens is 430 g/mol. The Labute approximate surface area is 188 Å². The van der Waals surface area contributed by atoms with Crippen LogP contribution < -0.4 is 14.8 Å². The maximum Gasteiger partial charge on any atom is 0.255 e. The first kappa shape index (κ1) is 21.9. The molecule has 0 fully saturated rings. The third-order valence-electron chi connectivity index (χ3n) is 4.82. The van der Waals surface area contributed by atoms with Gasteiger partial charge in [0, 0.05) is 37.6 Å². The summed E-state index contributed by atoms with van der Waals surface area (Å²) in [6.07, 6.45) is 5.17. The van der Waals surface area contributed by atoms with Crippen molar-refractivity contribution < 1.29 is 23.0 Å². The zero-order valence-corrected chi connectivity index (χ0v) is 17.9. The van der Waals surface area contributed by atoms with Crippen LogP contribution in [0.1, 0.15) is 15.9 Å². The SMILES string of the molecule is COc1ccc(Oc2ccnc(-c3cnn(C)c3)c2)cc1C(=O)NCc1ccc(F)c(F)c1. The Morgan fingerprint density at radius 1 is 1.06 bits per heavy atom. The second-order valence-corrected chi connectivity index (χ2v) is 7.17. The van der Waals surface area contributed by atoms with Gasteiger partial charge in [-0.15, -0.1) is 0 Å². The van der Waals surface area contributed by atoms with Crippen LogP contribution in [0.2, 0.25) is 0 Å². The summed E-state index contributed by atoms with van der Waals surface area (Å²) in [5, 5.41) is 6.82. The molecule has 0 unspecified atom stereocenters. The number of nitrogens with one attached hydrogen (secondary N) is 1. The molecule has 0 aliphatic heterocycles. The van der Waals surface area contributed by atoms with E-state index in [2.05, 4.69) is 15.4 Å². The first-order valence-corrected chi connectivity index (χ1v) is 9.96. The molecule has 33 heavy (non-hydrogen) atoms. The van der Waals surface area contributed by atoms with Crippen LogP contribution in [0.4, 0.5) is 8.78 Å². The monoisotopic (exact) mass is 450 g/mol. The van der Waals surface area contributed by atoms with Crippen LogP contribution in [-0.4, -0.2) is 27.8 Å². The van der Waals surface area contributed by atoms with Gasteiger partial charge < -0.3 is 14.8 Å². The number of rotatable bonds is 7. The van der Waals surface area contributed by atoms with Gasteiger partial charge in [-0.25, -0.2) is 8.78 Å². The van der Waals surface area contributed by atoms with Gasteiger partial charge in [-0.2, -0.15) is 5.10 Å². The highest BCUT2D eigenvalue weighted by Crippen LogP contribution is 2.29. The number of amides is 1. The highest BCUT2D eigenvalue weighted by Gasteiger charge is 2.15. The van der Waals surface area contributed by atoms with Gasteiger partial charge in [-0.3, -0.25) is 14.5 Å². The maximum atomic E-state index is 13.4. The average Bonchev–Trinajstić information content (AvgIpc) is 3.26. The molecular formula is C24H20F2N4O3. The van der Waals surface area contributed by atoms with Gasteiger partial charge in [0.25, 0.3) is 5.91 Å². The van der Waals surface area contributed by atoms with E-state index in [4.69, 9.17) is 9.47 Å². The molecule has 2 heterocycles. The molecule has 2 aromatic heterocycles. The normalized spacial score (nSPS) is 10.7. The van der Waals surface area contributed by atoms with Crippen LogP contribution >= 0.6 is 0 Å². The topological polar surface area (TPSA) is 78.3 Å². The van der Waals surface area contributed by atoms with E-state index in [9.17, 15) is 13.6 Å². The zero-order chi connectivity index (χ0) is 23.4. The van der Waals surface area contributed by atoms with E-state index in [0.29, 0.717) is 28.5 Å². The summed E-state index contributed by atoms with van der Waals surface area (Å²) < 4.78 is 39.4. The van der Waals surface area contributed by atoms with Crippen molar-refractivity contribution in [1.29, 1.82) is 0 Å². The standard InChI is InChI=1S/C24H20F2N4O3/c1-30-14-16(13-29-30)22-11-18(7-8-27-22)33-17-4-6-23(32-2)19(10-17)24(31)28-12-15-3-5-20(25)21(26)9-15/h3-11,13-14H,12H2,1-2H3,(H,28,31). The Morgan fingerprint density at radius 2 is 1.88 bits per heavy atom. The number of hydrogen-bond acceptors (Lipinski definition) is 5. The predicted octanol–water partition coefficient (Wildman–Crippen LogP) is 4.49. The number of pyridine rings is 1. The second kappa shape index (κ2) is 9.47. The van der Waals surface area contributed by atoms with Crippen molar-refractivity contribution in [3.05, 3.63) is 89.9 Å². The van der Waals surface area contributed by atoms with Crippen molar-refractivity contribution in [2.45, 2.75) is 6.54 Å². The molecule has 0 bridgehead atoms. The van der Waals surface area contributed by atoms with Crippen LogP contribution in [0.15, 0.2) is 67.1 Å².